The van der Waals surface area contributed by atoms with Crippen molar-refractivity contribution < 1.29 is 9.59 Å². The van der Waals surface area contributed by atoms with Crippen LogP contribution in [-0.2, 0) is 9.59 Å². The summed E-state index contributed by atoms with van der Waals surface area (Å²) in [5, 5.41) is 3.05. The van der Waals surface area contributed by atoms with Crippen LogP contribution in [0.4, 0.5) is 5.69 Å². The fourth-order valence-electron chi connectivity index (χ4n) is 3.01. The van der Waals surface area contributed by atoms with E-state index >= 15 is 0 Å². The summed E-state index contributed by atoms with van der Waals surface area (Å²) in [7, 11) is 1.75. The Morgan fingerprint density at radius 1 is 1.08 bits per heavy atom. The molecule has 1 amide bonds. The van der Waals surface area contributed by atoms with Gasteiger partial charge in [0.25, 0.3) is 0 Å². The minimum absolute atomic E-state index is 0.0452. The van der Waals surface area contributed by atoms with Crippen LogP contribution in [-0.4, -0.2) is 31.3 Å². The van der Waals surface area contributed by atoms with E-state index in [0.717, 1.165) is 22.4 Å². The maximum atomic E-state index is 12.9. The third-order valence-corrected chi connectivity index (χ3v) is 4.13. The standard InChI is InChI=1S/C20H20N2O2/c1-14(23)13-22-19-11-7-6-10-16(19)17(12-18(21-2)20(22)24)15-8-4-3-5-9-15/h3-12,18,21H,13H2,1-2H3/t18-/m0/s1. The fraction of sp³-hybridized carbons (Fsp3) is 0.200. The second kappa shape index (κ2) is 6.81. The van der Waals surface area contributed by atoms with Crippen molar-refractivity contribution >= 4 is 23.0 Å². The summed E-state index contributed by atoms with van der Waals surface area (Å²) in [5.74, 6) is -0.165. The fourth-order valence-corrected chi connectivity index (χ4v) is 3.01. The molecule has 0 aliphatic carbocycles. The molecule has 4 heteroatoms. The average Bonchev–Trinajstić information content (AvgIpc) is 2.71. The predicted octanol–water partition coefficient (Wildman–Crippen LogP) is 2.64. The molecule has 2 aromatic carbocycles. The molecule has 0 saturated heterocycles. The molecule has 1 atom stereocenters. The number of para-hydroxylation sites is 1. The normalized spacial score (nSPS) is 17.1. The van der Waals surface area contributed by atoms with Crippen molar-refractivity contribution in [3.05, 3.63) is 71.8 Å². The first-order valence-electron chi connectivity index (χ1n) is 7.96. The average molecular weight is 320 g/mol. The Balaban J connectivity index is 2.21. The van der Waals surface area contributed by atoms with Gasteiger partial charge in [-0.1, -0.05) is 48.5 Å². The lowest BCUT2D eigenvalue weighted by Crippen LogP contribution is -2.45. The monoisotopic (exact) mass is 320 g/mol. The lowest BCUT2D eigenvalue weighted by Gasteiger charge is -2.24. The summed E-state index contributed by atoms with van der Waals surface area (Å²) in [5.41, 5.74) is 3.76. The van der Waals surface area contributed by atoms with Crippen molar-refractivity contribution in [2.45, 2.75) is 13.0 Å². The van der Waals surface area contributed by atoms with Crippen molar-refractivity contribution in [3.8, 4) is 0 Å². The van der Waals surface area contributed by atoms with E-state index in [0.29, 0.717) is 0 Å². The minimum Gasteiger partial charge on any atom is -0.306 e. The first kappa shape index (κ1) is 16.1. The van der Waals surface area contributed by atoms with Crippen LogP contribution in [0, 0.1) is 0 Å². The van der Waals surface area contributed by atoms with E-state index in [9.17, 15) is 9.59 Å². The molecule has 2 aromatic rings. The lowest BCUT2D eigenvalue weighted by molar-refractivity contribution is -0.122. The molecule has 0 aromatic heterocycles. The Kier molecular flexibility index (Phi) is 4.58. The second-order valence-electron chi connectivity index (χ2n) is 5.86. The van der Waals surface area contributed by atoms with Gasteiger partial charge in [0.1, 0.15) is 11.8 Å². The number of likely N-dealkylation sites (N-methyl/N-ethyl adjacent to an activating group) is 1. The molecule has 0 bridgehead atoms. The number of ketones is 1. The van der Waals surface area contributed by atoms with Crippen LogP contribution in [0.15, 0.2) is 60.7 Å². The van der Waals surface area contributed by atoms with E-state index < -0.39 is 6.04 Å². The van der Waals surface area contributed by atoms with E-state index in [1.807, 2.05) is 60.7 Å². The molecule has 1 aliphatic heterocycles. The number of nitrogens with one attached hydrogen (secondary N) is 1. The number of carbonyl (C=O) groups is 2. The Morgan fingerprint density at radius 3 is 2.42 bits per heavy atom. The molecule has 122 valence electrons. The van der Waals surface area contributed by atoms with Crippen LogP contribution < -0.4 is 10.2 Å². The van der Waals surface area contributed by atoms with Crippen molar-refractivity contribution in [3.63, 3.8) is 0 Å². The van der Waals surface area contributed by atoms with Gasteiger partial charge in [0, 0.05) is 5.56 Å². The van der Waals surface area contributed by atoms with Gasteiger partial charge in [-0.15, -0.1) is 0 Å². The molecule has 1 N–H and O–H groups in total. The van der Waals surface area contributed by atoms with E-state index in [2.05, 4.69) is 5.32 Å². The molecular weight excluding hydrogens is 300 g/mol. The van der Waals surface area contributed by atoms with Gasteiger partial charge in [-0.2, -0.15) is 0 Å². The van der Waals surface area contributed by atoms with Crippen molar-refractivity contribution in [2.75, 3.05) is 18.5 Å². The van der Waals surface area contributed by atoms with E-state index in [-0.39, 0.29) is 18.2 Å². The highest BCUT2D eigenvalue weighted by atomic mass is 16.2. The summed E-state index contributed by atoms with van der Waals surface area (Å²) in [6.07, 6.45) is 1.94. The van der Waals surface area contributed by atoms with E-state index in [1.165, 1.54) is 6.92 Å². The van der Waals surface area contributed by atoms with Gasteiger partial charge in [0.05, 0.1) is 12.2 Å². The molecule has 0 fully saturated rings. The zero-order valence-electron chi connectivity index (χ0n) is 13.8. The molecule has 24 heavy (non-hydrogen) atoms. The third kappa shape index (κ3) is 3.01. The van der Waals surface area contributed by atoms with Crippen molar-refractivity contribution in [2.24, 2.45) is 0 Å². The molecule has 3 rings (SSSR count). The molecule has 0 spiro atoms. The first-order chi connectivity index (χ1) is 11.6. The summed E-state index contributed by atoms with van der Waals surface area (Å²) in [6, 6.07) is 17.2. The van der Waals surface area contributed by atoms with Crippen molar-refractivity contribution in [1.82, 2.24) is 5.32 Å². The van der Waals surface area contributed by atoms with E-state index in [4.69, 9.17) is 0 Å². The molecular formula is C20H20N2O2. The lowest BCUT2D eigenvalue weighted by atomic mass is 9.95. The number of hydrogen-bond acceptors (Lipinski definition) is 3. The van der Waals surface area contributed by atoms with Crippen molar-refractivity contribution in [1.29, 1.82) is 0 Å². The number of nitrogens with zero attached hydrogens (tertiary/aromatic N) is 1. The minimum atomic E-state index is -0.480. The van der Waals surface area contributed by atoms with Gasteiger partial charge in [-0.3, -0.25) is 9.59 Å². The SMILES string of the molecule is CN[C@H]1C=C(c2ccccc2)c2ccccc2N(CC(C)=O)C1=O. The number of carbonyl (C=O) groups excluding carboxylic acids is 2. The van der Waals surface area contributed by atoms with Gasteiger partial charge >= 0.3 is 0 Å². The zero-order valence-corrected chi connectivity index (χ0v) is 13.8. The van der Waals surface area contributed by atoms with Crippen LogP contribution >= 0.6 is 0 Å². The molecule has 0 radical (unpaired) electrons. The zero-order chi connectivity index (χ0) is 17.1. The highest BCUT2D eigenvalue weighted by Crippen LogP contribution is 2.35. The van der Waals surface area contributed by atoms with Gasteiger partial charge in [-0.05, 0) is 37.3 Å². The van der Waals surface area contributed by atoms with Gasteiger partial charge < -0.3 is 10.2 Å². The third-order valence-electron chi connectivity index (χ3n) is 4.13. The topological polar surface area (TPSA) is 49.4 Å². The summed E-state index contributed by atoms with van der Waals surface area (Å²) in [4.78, 5) is 26.2. The second-order valence-corrected chi connectivity index (χ2v) is 5.86. The number of fused-ring (bicyclic) bond motifs is 1. The summed E-state index contributed by atoms with van der Waals surface area (Å²) in [6.45, 7) is 1.57. The number of anilines is 1. The Hall–Kier alpha value is -2.72. The van der Waals surface area contributed by atoms with E-state index in [1.54, 1.807) is 11.9 Å². The number of rotatable bonds is 4. The van der Waals surface area contributed by atoms with Crippen LogP contribution in [0.3, 0.4) is 0 Å². The number of Topliss-reactive ketones (excluding diaryl/α,β-unsaturated/α-hetero) is 1. The Labute approximate surface area is 141 Å². The smallest absolute Gasteiger partial charge is 0.248 e. The maximum Gasteiger partial charge on any atom is 0.248 e. The molecule has 1 aliphatic rings. The Morgan fingerprint density at radius 2 is 1.75 bits per heavy atom. The largest absolute Gasteiger partial charge is 0.306 e. The quantitative estimate of drug-likeness (QED) is 0.942. The highest BCUT2D eigenvalue weighted by molar-refractivity contribution is 6.08. The van der Waals surface area contributed by atoms with Crippen LogP contribution in [0.2, 0.25) is 0 Å². The van der Waals surface area contributed by atoms with Crippen LogP contribution in [0.5, 0.6) is 0 Å². The van der Waals surface area contributed by atoms with Gasteiger partial charge in [-0.25, -0.2) is 0 Å². The summed E-state index contributed by atoms with van der Waals surface area (Å²) < 4.78 is 0. The molecule has 1 heterocycles. The highest BCUT2D eigenvalue weighted by Gasteiger charge is 2.30. The number of hydrogen-bond donors (Lipinski definition) is 1. The predicted molar refractivity (Wildman–Crippen MR) is 95.8 cm³/mol. The maximum absolute atomic E-state index is 12.9. The van der Waals surface area contributed by atoms with Gasteiger partial charge in [0.2, 0.25) is 5.91 Å². The van der Waals surface area contributed by atoms with Gasteiger partial charge in [0.15, 0.2) is 0 Å². The van der Waals surface area contributed by atoms with Crippen LogP contribution in [0.1, 0.15) is 18.1 Å². The molecule has 0 saturated carbocycles. The number of amides is 1. The molecule has 0 unspecified atom stereocenters. The first-order valence-corrected chi connectivity index (χ1v) is 7.96. The Bertz CT molecular complexity index is 796. The summed E-state index contributed by atoms with van der Waals surface area (Å²) >= 11 is 0. The van der Waals surface area contributed by atoms with Crippen LogP contribution in [0.25, 0.3) is 5.57 Å². The number of benzene rings is 2. The molecule has 4 nitrogen and oxygen atoms in total.